The number of thiophene rings is 1. The van der Waals surface area contributed by atoms with Crippen molar-refractivity contribution in [2.24, 2.45) is 0 Å². The maximum atomic E-state index is 12.2. The lowest BCUT2D eigenvalue weighted by Gasteiger charge is -2.07. The van der Waals surface area contributed by atoms with E-state index < -0.39 is 0 Å². The number of H-pyrrole nitrogens is 2. The van der Waals surface area contributed by atoms with Crippen LogP contribution in [0.25, 0.3) is 55.2 Å². The lowest BCUT2D eigenvalue weighted by molar-refractivity contribution is -0.116. The zero-order valence-corrected chi connectivity index (χ0v) is 20.4. The van der Waals surface area contributed by atoms with Gasteiger partial charge in [0.1, 0.15) is 11.2 Å². The van der Waals surface area contributed by atoms with Crippen LogP contribution in [0, 0.1) is 0 Å². The Morgan fingerprint density at radius 1 is 1.08 bits per heavy atom. The zero-order chi connectivity index (χ0) is 24.5. The Kier molecular flexibility index (Phi) is 5.74. The number of nitrogens with one attached hydrogen (secondary N) is 3. The van der Waals surface area contributed by atoms with Crippen LogP contribution >= 0.6 is 11.3 Å². The average Bonchev–Trinajstić information content (AvgIpc) is 3.66. The van der Waals surface area contributed by atoms with Crippen LogP contribution < -0.4 is 5.32 Å². The highest BCUT2D eigenvalue weighted by Crippen LogP contribution is 2.34. The van der Waals surface area contributed by atoms with Crippen molar-refractivity contribution in [2.45, 2.75) is 26.2 Å². The largest absolute Gasteiger partial charge is 0.353 e. The number of pyridine rings is 3. The molecule has 0 aliphatic carbocycles. The number of rotatable bonds is 7. The molecular formula is C27H23N7OS. The minimum absolute atomic E-state index is 0.00782. The molecule has 6 rings (SSSR count). The number of amides is 1. The maximum absolute atomic E-state index is 12.2. The molecule has 6 heterocycles. The molecule has 0 radical (unpaired) electrons. The van der Waals surface area contributed by atoms with Crippen LogP contribution in [0.3, 0.4) is 0 Å². The van der Waals surface area contributed by atoms with Crippen LogP contribution in [-0.4, -0.2) is 36.0 Å². The van der Waals surface area contributed by atoms with Crippen molar-refractivity contribution in [3.05, 3.63) is 66.4 Å². The summed E-state index contributed by atoms with van der Waals surface area (Å²) in [4.78, 5) is 30.6. The number of carbonyl (C=O) groups excluding carboxylic acids is 1. The van der Waals surface area contributed by atoms with Gasteiger partial charge in [-0.3, -0.25) is 19.9 Å². The van der Waals surface area contributed by atoms with Crippen molar-refractivity contribution >= 4 is 44.9 Å². The van der Waals surface area contributed by atoms with Gasteiger partial charge in [-0.25, -0.2) is 4.98 Å². The van der Waals surface area contributed by atoms with Crippen molar-refractivity contribution in [1.82, 2.24) is 30.1 Å². The molecule has 0 unspecified atom stereocenters. The Bertz CT molecular complexity index is 1680. The Morgan fingerprint density at radius 2 is 2.03 bits per heavy atom. The number of aromatic nitrogens is 6. The van der Waals surface area contributed by atoms with Gasteiger partial charge in [0, 0.05) is 35.3 Å². The van der Waals surface area contributed by atoms with E-state index in [1.54, 1.807) is 23.7 Å². The second-order valence-electron chi connectivity index (χ2n) is 8.56. The maximum Gasteiger partial charge on any atom is 0.224 e. The molecule has 9 heteroatoms. The third kappa shape index (κ3) is 4.14. The minimum Gasteiger partial charge on any atom is -0.353 e. The summed E-state index contributed by atoms with van der Waals surface area (Å²) in [6, 6.07) is 13.9. The number of fused-ring (bicyclic) bond motifs is 2. The van der Waals surface area contributed by atoms with Gasteiger partial charge in [0.2, 0.25) is 5.91 Å². The predicted octanol–water partition coefficient (Wildman–Crippen LogP) is 6.42. The van der Waals surface area contributed by atoms with Gasteiger partial charge < -0.3 is 10.3 Å². The fourth-order valence-corrected chi connectivity index (χ4v) is 4.98. The van der Waals surface area contributed by atoms with E-state index in [1.807, 2.05) is 36.5 Å². The number of hydrogen-bond acceptors (Lipinski definition) is 6. The van der Waals surface area contributed by atoms with Gasteiger partial charge in [0.25, 0.3) is 0 Å². The van der Waals surface area contributed by atoms with Crippen LogP contribution in [0.15, 0.2) is 66.4 Å². The number of anilines is 1. The summed E-state index contributed by atoms with van der Waals surface area (Å²) in [7, 11) is 0. The Morgan fingerprint density at radius 3 is 2.89 bits per heavy atom. The zero-order valence-electron chi connectivity index (χ0n) is 19.6. The van der Waals surface area contributed by atoms with Crippen molar-refractivity contribution in [2.75, 3.05) is 5.32 Å². The minimum atomic E-state index is -0.00782. The molecule has 0 fully saturated rings. The summed E-state index contributed by atoms with van der Waals surface area (Å²) in [5, 5.41) is 13.7. The van der Waals surface area contributed by atoms with Crippen molar-refractivity contribution in [3.63, 3.8) is 0 Å². The molecule has 3 N–H and O–H groups in total. The standard InChI is InChI=1S/C27H23N7OS/c1-2-3-6-24(35)30-17-12-16(14-28-15-17)19-7-8-21-26(32-19)27(34-33-21)22-13-18-20(31-22)9-10-29-25(18)23-5-4-11-36-23/h4-5,7-15,31H,2-3,6H2,1H3,(H,30,35)(H,33,34). The van der Waals surface area contributed by atoms with E-state index in [1.165, 1.54) is 0 Å². The molecule has 0 bridgehead atoms. The molecule has 178 valence electrons. The molecule has 0 aromatic carbocycles. The second-order valence-corrected chi connectivity index (χ2v) is 9.51. The highest BCUT2D eigenvalue weighted by atomic mass is 32.1. The van der Waals surface area contributed by atoms with Crippen LogP contribution in [0.2, 0.25) is 0 Å². The highest BCUT2D eigenvalue weighted by molar-refractivity contribution is 7.13. The van der Waals surface area contributed by atoms with Crippen LogP contribution in [-0.2, 0) is 4.79 Å². The third-order valence-electron chi connectivity index (χ3n) is 6.04. The van der Waals surface area contributed by atoms with E-state index in [0.29, 0.717) is 12.1 Å². The van der Waals surface area contributed by atoms with Crippen molar-refractivity contribution in [3.8, 4) is 33.2 Å². The van der Waals surface area contributed by atoms with Gasteiger partial charge in [-0.1, -0.05) is 19.4 Å². The van der Waals surface area contributed by atoms with Gasteiger partial charge in [0.05, 0.1) is 39.4 Å². The molecule has 0 aliphatic rings. The van der Waals surface area contributed by atoms with Gasteiger partial charge in [0.15, 0.2) is 0 Å². The molecule has 36 heavy (non-hydrogen) atoms. The quantitative estimate of drug-likeness (QED) is 0.237. The second kappa shape index (κ2) is 9.35. The third-order valence-corrected chi connectivity index (χ3v) is 6.92. The summed E-state index contributed by atoms with van der Waals surface area (Å²) in [6.07, 6.45) is 7.55. The van der Waals surface area contributed by atoms with Gasteiger partial charge >= 0.3 is 0 Å². The van der Waals surface area contributed by atoms with E-state index in [2.05, 4.69) is 54.9 Å². The number of carbonyl (C=O) groups is 1. The monoisotopic (exact) mass is 493 g/mol. The Labute approximate surface area is 210 Å². The first-order chi connectivity index (χ1) is 17.7. The molecular weight excluding hydrogens is 470 g/mol. The van der Waals surface area contributed by atoms with E-state index in [0.717, 1.165) is 68.0 Å². The van der Waals surface area contributed by atoms with Crippen LogP contribution in [0.4, 0.5) is 5.69 Å². The van der Waals surface area contributed by atoms with Crippen molar-refractivity contribution in [1.29, 1.82) is 0 Å². The highest BCUT2D eigenvalue weighted by Gasteiger charge is 2.16. The summed E-state index contributed by atoms with van der Waals surface area (Å²) in [6.45, 7) is 2.07. The summed E-state index contributed by atoms with van der Waals surface area (Å²) >= 11 is 1.67. The van der Waals surface area contributed by atoms with E-state index in [9.17, 15) is 4.79 Å². The van der Waals surface area contributed by atoms with E-state index in [4.69, 9.17) is 4.98 Å². The lowest BCUT2D eigenvalue weighted by atomic mass is 10.1. The van der Waals surface area contributed by atoms with Gasteiger partial charge in [-0.05, 0) is 48.2 Å². The summed E-state index contributed by atoms with van der Waals surface area (Å²) < 4.78 is 0. The molecule has 0 aliphatic heterocycles. The first-order valence-electron chi connectivity index (χ1n) is 11.8. The molecule has 0 saturated carbocycles. The Balaban J connectivity index is 1.37. The first-order valence-corrected chi connectivity index (χ1v) is 12.7. The molecule has 0 saturated heterocycles. The van der Waals surface area contributed by atoms with E-state index in [-0.39, 0.29) is 5.91 Å². The van der Waals surface area contributed by atoms with Crippen molar-refractivity contribution < 1.29 is 4.79 Å². The summed E-state index contributed by atoms with van der Waals surface area (Å²) in [5.74, 6) is -0.00782. The lowest BCUT2D eigenvalue weighted by Crippen LogP contribution is -2.11. The van der Waals surface area contributed by atoms with Crippen LogP contribution in [0.1, 0.15) is 26.2 Å². The smallest absolute Gasteiger partial charge is 0.224 e. The molecule has 6 aromatic heterocycles. The van der Waals surface area contributed by atoms with Gasteiger partial charge in [-0.2, -0.15) is 5.10 Å². The normalized spacial score (nSPS) is 11.4. The number of nitrogens with zero attached hydrogens (tertiary/aromatic N) is 4. The molecule has 0 spiro atoms. The first kappa shape index (κ1) is 22.1. The molecule has 1 amide bonds. The summed E-state index contributed by atoms with van der Waals surface area (Å²) in [5.41, 5.74) is 7.35. The fraction of sp³-hybridized carbons (Fsp3) is 0.148. The number of aromatic amines is 2. The van der Waals surface area contributed by atoms with Gasteiger partial charge in [-0.15, -0.1) is 11.3 Å². The number of unbranched alkanes of at least 4 members (excludes halogenated alkanes) is 1. The van der Waals surface area contributed by atoms with E-state index >= 15 is 0 Å². The predicted molar refractivity (Wildman–Crippen MR) is 144 cm³/mol. The van der Waals surface area contributed by atoms with Crippen LogP contribution in [0.5, 0.6) is 0 Å². The molecule has 0 atom stereocenters. The number of hydrogen-bond donors (Lipinski definition) is 3. The molecule has 6 aromatic rings. The molecule has 8 nitrogen and oxygen atoms in total. The fourth-order valence-electron chi connectivity index (χ4n) is 4.25. The average molecular weight is 494 g/mol. The topological polar surface area (TPSA) is 112 Å². The SMILES string of the molecule is CCCCC(=O)Nc1cncc(-c2ccc3[nH]nc(-c4cc5c(-c6cccs6)nccc5[nH]4)c3n2)c1. The Hall–Kier alpha value is -4.37.